The van der Waals surface area contributed by atoms with Gasteiger partial charge in [-0.05, 0) is 43.9 Å². The lowest BCUT2D eigenvalue weighted by atomic mass is 10.1. The van der Waals surface area contributed by atoms with Gasteiger partial charge in [-0.15, -0.1) is 0 Å². The Kier molecular flexibility index (Phi) is 5.57. The molecule has 3 heterocycles. The molecule has 1 aromatic carbocycles. The Balaban J connectivity index is 1.67. The van der Waals surface area contributed by atoms with E-state index in [1.807, 2.05) is 11.9 Å². The smallest absolute Gasteiger partial charge is 0.278 e. The van der Waals surface area contributed by atoms with Crippen molar-refractivity contribution in [2.75, 3.05) is 18.1 Å². The average molecular weight is 439 g/mol. The van der Waals surface area contributed by atoms with Gasteiger partial charge in [0.25, 0.3) is 11.8 Å². The van der Waals surface area contributed by atoms with Gasteiger partial charge in [0.2, 0.25) is 5.43 Å². The first-order valence-electron chi connectivity index (χ1n) is 10.4. The summed E-state index contributed by atoms with van der Waals surface area (Å²) in [5.74, 6) is -2.63. The maximum Gasteiger partial charge on any atom is 0.278 e. The molecule has 0 bridgehead atoms. The van der Waals surface area contributed by atoms with Crippen molar-refractivity contribution >= 4 is 11.8 Å². The molecular formula is C22H22FN5O4. The van der Waals surface area contributed by atoms with Crippen LogP contribution in [0.1, 0.15) is 58.2 Å². The lowest BCUT2D eigenvalue weighted by Crippen LogP contribution is -2.63. The van der Waals surface area contributed by atoms with Gasteiger partial charge >= 0.3 is 0 Å². The first kappa shape index (κ1) is 21.4. The summed E-state index contributed by atoms with van der Waals surface area (Å²) in [5.41, 5.74) is -1.08. The largest absolute Gasteiger partial charge is 0.502 e. The van der Waals surface area contributed by atoms with E-state index in [4.69, 9.17) is 5.26 Å². The lowest BCUT2D eigenvalue weighted by Gasteiger charge is -2.48. The number of hydrogen-bond acceptors (Lipinski definition) is 6. The van der Waals surface area contributed by atoms with Gasteiger partial charge in [0.05, 0.1) is 5.56 Å². The van der Waals surface area contributed by atoms with E-state index in [0.29, 0.717) is 18.7 Å². The number of carbonyl (C=O) groups is 2. The topological polar surface area (TPSA) is 119 Å². The van der Waals surface area contributed by atoms with E-state index >= 15 is 0 Å². The van der Waals surface area contributed by atoms with E-state index in [-0.39, 0.29) is 29.5 Å². The third-order valence-corrected chi connectivity index (χ3v) is 5.90. The second kappa shape index (κ2) is 8.34. The highest BCUT2D eigenvalue weighted by Gasteiger charge is 2.40. The van der Waals surface area contributed by atoms with E-state index in [9.17, 15) is 23.9 Å². The van der Waals surface area contributed by atoms with Crippen molar-refractivity contribution in [1.29, 1.82) is 5.26 Å². The van der Waals surface area contributed by atoms with Crippen molar-refractivity contribution in [3.63, 3.8) is 0 Å². The van der Waals surface area contributed by atoms with E-state index in [1.165, 1.54) is 23.0 Å². The predicted molar refractivity (Wildman–Crippen MR) is 112 cm³/mol. The van der Waals surface area contributed by atoms with Crippen LogP contribution >= 0.6 is 0 Å². The molecule has 9 nitrogen and oxygen atoms in total. The second-order valence-electron chi connectivity index (χ2n) is 7.75. The van der Waals surface area contributed by atoms with E-state index in [1.54, 1.807) is 11.0 Å². The number of nitrogens with zero attached hydrogens (tertiary/aromatic N) is 4. The SMILES string of the molecule is CCN1C(=O)c2c(O)c(=O)c(C(=O)NCc3ccc(F)c(C#N)c3)cn2N2CCCC[C@@H]12. The van der Waals surface area contributed by atoms with E-state index in [2.05, 4.69) is 5.32 Å². The number of fused-ring (bicyclic) bond motifs is 3. The molecule has 0 radical (unpaired) electrons. The maximum absolute atomic E-state index is 13.5. The van der Waals surface area contributed by atoms with Crippen molar-refractivity contribution in [2.45, 2.75) is 38.9 Å². The summed E-state index contributed by atoms with van der Waals surface area (Å²) in [6, 6.07) is 5.58. The van der Waals surface area contributed by atoms with Crippen molar-refractivity contribution in [1.82, 2.24) is 14.9 Å². The number of carbonyl (C=O) groups excluding carboxylic acids is 2. The fourth-order valence-electron chi connectivity index (χ4n) is 4.29. The molecule has 2 aliphatic rings. The first-order chi connectivity index (χ1) is 15.4. The summed E-state index contributed by atoms with van der Waals surface area (Å²) in [7, 11) is 0. The molecule has 0 saturated carbocycles. The Morgan fingerprint density at radius 3 is 2.84 bits per heavy atom. The van der Waals surface area contributed by atoms with Gasteiger partial charge in [-0.25, -0.2) is 4.39 Å². The molecule has 1 fully saturated rings. The van der Waals surface area contributed by atoms with Gasteiger partial charge in [0.1, 0.15) is 23.6 Å². The summed E-state index contributed by atoms with van der Waals surface area (Å²) in [6.45, 7) is 2.82. The molecule has 0 spiro atoms. The number of aromatic nitrogens is 1. The molecule has 2 amide bonds. The second-order valence-corrected chi connectivity index (χ2v) is 7.75. The van der Waals surface area contributed by atoms with Crippen LogP contribution < -0.4 is 15.8 Å². The van der Waals surface area contributed by atoms with E-state index < -0.39 is 28.8 Å². The van der Waals surface area contributed by atoms with Crippen LogP contribution in [-0.2, 0) is 6.54 Å². The summed E-state index contributed by atoms with van der Waals surface area (Å²) in [4.78, 5) is 40.1. The minimum Gasteiger partial charge on any atom is -0.502 e. The van der Waals surface area contributed by atoms with Gasteiger partial charge < -0.3 is 15.3 Å². The number of piperidine rings is 1. The molecule has 1 aromatic heterocycles. The molecule has 4 rings (SSSR count). The van der Waals surface area contributed by atoms with Crippen molar-refractivity contribution in [2.24, 2.45) is 0 Å². The third kappa shape index (κ3) is 3.45. The summed E-state index contributed by atoms with van der Waals surface area (Å²) in [6.07, 6.45) is 3.65. The summed E-state index contributed by atoms with van der Waals surface area (Å²) in [5, 5.41) is 24.0. The Morgan fingerprint density at radius 1 is 1.34 bits per heavy atom. The van der Waals surface area contributed by atoms with Crippen molar-refractivity contribution in [3.05, 3.63) is 62.8 Å². The van der Waals surface area contributed by atoms with Crippen LogP contribution in [0.2, 0.25) is 0 Å². The number of halogens is 1. The highest BCUT2D eigenvalue weighted by molar-refractivity contribution is 5.99. The monoisotopic (exact) mass is 439 g/mol. The normalized spacial score (nSPS) is 17.4. The Labute approximate surface area is 183 Å². The van der Waals surface area contributed by atoms with Crippen LogP contribution in [0.3, 0.4) is 0 Å². The minimum atomic E-state index is -0.939. The number of aromatic hydroxyl groups is 1. The Morgan fingerprint density at radius 2 is 2.12 bits per heavy atom. The quantitative estimate of drug-likeness (QED) is 0.744. The van der Waals surface area contributed by atoms with Crippen LogP contribution in [0.4, 0.5) is 4.39 Å². The van der Waals surface area contributed by atoms with Gasteiger partial charge in [-0.1, -0.05) is 6.07 Å². The number of hydrogen-bond donors (Lipinski definition) is 2. The van der Waals surface area contributed by atoms with Crippen LogP contribution in [0.25, 0.3) is 0 Å². The zero-order valence-corrected chi connectivity index (χ0v) is 17.5. The number of benzene rings is 1. The third-order valence-electron chi connectivity index (χ3n) is 5.90. The van der Waals surface area contributed by atoms with Gasteiger partial charge in [-0.3, -0.25) is 24.1 Å². The molecule has 1 saturated heterocycles. The van der Waals surface area contributed by atoms with Crippen LogP contribution in [-0.4, -0.2) is 45.8 Å². The highest BCUT2D eigenvalue weighted by atomic mass is 19.1. The minimum absolute atomic E-state index is 0.0510. The molecule has 1 atom stereocenters. The molecular weight excluding hydrogens is 417 g/mol. The predicted octanol–water partition coefficient (Wildman–Crippen LogP) is 1.42. The number of amides is 2. The molecule has 10 heteroatoms. The van der Waals surface area contributed by atoms with E-state index in [0.717, 1.165) is 25.3 Å². The maximum atomic E-state index is 13.5. The van der Waals surface area contributed by atoms with Crippen molar-refractivity contribution < 1.29 is 19.1 Å². The highest BCUT2D eigenvalue weighted by Crippen LogP contribution is 2.29. The molecule has 0 unspecified atom stereocenters. The fourth-order valence-corrected chi connectivity index (χ4v) is 4.29. The fraction of sp³-hybridized carbons (Fsp3) is 0.364. The average Bonchev–Trinajstić information content (AvgIpc) is 2.80. The van der Waals surface area contributed by atoms with Crippen LogP contribution in [0, 0.1) is 17.1 Å². The van der Waals surface area contributed by atoms with Gasteiger partial charge in [-0.2, -0.15) is 5.26 Å². The molecule has 0 aliphatic carbocycles. The number of rotatable bonds is 4. The zero-order valence-electron chi connectivity index (χ0n) is 17.5. The number of nitrogens with one attached hydrogen (secondary N) is 1. The molecule has 2 N–H and O–H groups in total. The molecule has 32 heavy (non-hydrogen) atoms. The zero-order chi connectivity index (χ0) is 23.0. The number of nitriles is 1. The van der Waals surface area contributed by atoms with Crippen molar-refractivity contribution in [3.8, 4) is 11.8 Å². The standard InChI is InChI=1S/C22H22FN5O4/c1-2-26-17-5-3-4-8-27(17)28-12-15(19(29)20(30)18(28)22(26)32)21(31)25-11-13-6-7-16(23)14(9-13)10-24/h6-7,9,12,17,30H,2-5,8,11H2,1H3,(H,25,31)/t17-/m0/s1. The Hall–Kier alpha value is -3.87. The first-order valence-corrected chi connectivity index (χ1v) is 10.4. The number of pyridine rings is 1. The van der Waals surface area contributed by atoms with Gasteiger partial charge in [0, 0.05) is 25.8 Å². The summed E-state index contributed by atoms with van der Waals surface area (Å²) >= 11 is 0. The summed E-state index contributed by atoms with van der Waals surface area (Å²) < 4.78 is 14.9. The molecule has 2 aliphatic heterocycles. The van der Waals surface area contributed by atoms with Crippen LogP contribution in [0.5, 0.6) is 5.75 Å². The Bertz CT molecular complexity index is 1200. The lowest BCUT2D eigenvalue weighted by molar-refractivity contribution is 0.0534. The molecule has 166 valence electrons. The van der Waals surface area contributed by atoms with Gasteiger partial charge in [0.15, 0.2) is 11.4 Å². The molecule has 2 aromatic rings. The van der Waals surface area contributed by atoms with Crippen LogP contribution in [0.15, 0.2) is 29.2 Å².